The lowest BCUT2D eigenvalue weighted by Gasteiger charge is -2.59. The fourth-order valence-electron chi connectivity index (χ4n) is 8.10. The zero-order valence-electron chi connectivity index (χ0n) is 19.7. The summed E-state index contributed by atoms with van der Waals surface area (Å²) in [5, 5.41) is 10.3. The summed E-state index contributed by atoms with van der Waals surface area (Å²) in [6.45, 7) is 4.79. The van der Waals surface area contributed by atoms with Crippen molar-refractivity contribution in [1.29, 1.82) is 0 Å². The van der Waals surface area contributed by atoms with Crippen molar-refractivity contribution in [3.05, 3.63) is 35.4 Å². The van der Waals surface area contributed by atoms with E-state index in [0.29, 0.717) is 29.0 Å². The molecular formula is C28H39NO2. The van der Waals surface area contributed by atoms with Crippen LogP contribution in [-0.2, 0) is 4.79 Å². The van der Waals surface area contributed by atoms with E-state index in [-0.39, 0.29) is 11.5 Å². The molecule has 0 amide bonds. The highest BCUT2D eigenvalue weighted by Gasteiger charge is 2.61. The topological polar surface area (TPSA) is 40.5 Å². The summed E-state index contributed by atoms with van der Waals surface area (Å²) in [4.78, 5) is 15.7. The molecule has 1 aromatic carbocycles. The minimum absolute atomic E-state index is 0.0926. The standard InChI is InChI=1S/C28H39NO2/c1-27-13-11-22(30)17-20(27)7-10-23-24(27)12-14-28(2)25(23)16-19(26(28)31)15-18-5-8-21(9-6-18)29(3)4/h5-6,8-9,15,20,22-25,30H,7,10-14,16-17H2,1-4H3/b19-15+. The highest BCUT2D eigenvalue weighted by Crippen LogP contribution is 2.66. The maximum absolute atomic E-state index is 13.6. The van der Waals surface area contributed by atoms with Gasteiger partial charge in [0.15, 0.2) is 5.78 Å². The number of carbonyl (C=O) groups excluding carboxylic acids is 1. The summed E-state index contributed by atoms with van der Waals surface area (Å²) >= 11 is 0. The quantitative estimate of drug-likeness (QED) is 0.621. The Labute approximate surface area is 187 Å². The van der Waals surface area contributed by atoms with E-state index >= 15 is 0 Å². The second-order valence-electron chi connectivity index (χ2n) is 11.7. The van der Waals surface area contributed by atoms with E-state index in [9.17, 15) is 9.90 Å². The van der Waals surface area contributed by atoms with Gasteiger partial charge in [-0.1, -0.05) is 26.0 Å². The average Bonchev–Trinajstić information content (AvgIpc) is 2.99. The first-order chi connectivity index (χ1) is 14.7. The second kappa shape index (κ2) is 7.47. The van der Waals surface area contributed by atoms with Crippen LogP contribution in [0.4, 0.5) is 5.69 Å². The van der Waals surface area contributed by atoms with Crippen molar-refractivity contribution in [3.63, 3.8) is 0 Å². The molecule has 1 aromatic rings. The number of fused-ring (bicyclic) bond motifs is 5. The first-order valence-electron chi connectivity index (χ1n) is 12.4. The van der Waals surface area contributed by atoms with Crippen LogP contribution in [-0.4, -0.2) is 31.1 Å². The predicted molar refractivity (Wildman–Crippen MR) is 127 cm³/mol. The van der Waals surface area contributed by atoms with Crippen molar-refractivity contribution in [2.45, 2.75) is 71.3 Å². The summed E-state index contributed by atoms with van der Waals surface area (Å²) in [5.41, 5.74) is 3.57. The number of carbonyl (C=O) groups is 1. The number of allylic oxidation sites excluding steroid dienone is 1. The summed E-state index contributed by atoms with van der Waals surface area (Å²) in [7, 11) is 4.11. The molecule has 7 unspecified atom stereocenters. The molecule has 0 aliphatic heterocycles. The lowest BCUT2D eigenvalue weighted by atomic mass is 9.45. The molecule has 4 aliphatic carbocycles. The number of hydrogen-bond acceptors (Lipinski definition) is 3. The van der Waals surface area contributed by atoms with Crippen LogP contribution in [0.2, 0.25) is 0 Å². The van der Waals surface area contributed by atoms with Crippen molar-refractivity contribution in [2.24, 2.45) is 34.5 Å². The van der Waals surface area contributed by atoms with Crippen LogP contribution in [0.25, 0.3) is 6.08 Å². The molecule has 31 heavy (non-hydrogen) atoms. The molecular weight excluding hydrogens is 382 g/mol. The van der Waals surface area contributed by atoms with Crippen molar-refractivity contribution in [2.75, 3.05) is 19.0 Å². The van der Waals surface area contributed by atoms with E-state index in [4.69, 9.17) is 0 Å². The minimum atomic E-state index is -0.173. The van der Waals surface area contributed by atoms with Gasteiger partial charge in [-0.2, -0.15) is 0 Å². The molecule has 4 fully saturated rings. The molecule has 4 aliphatic rings. The van der Waals surface area contributed by atoms with Gasteiger partial charge in [-0.15, -0.1) is 0 Å². The number of hydrogen-bond donors (Lipinski definition) is 1. The molecule has 5 rings (SSSR count). The summed E-state index contributed by atoms with van der Waals surface area (Å²) < 4.78 is 0. The van der Waals surface area contributed by atoms with Crippen LogP contribution >= 0.6 is 0 Å². The largest absolute Gasteiger partial charge is 0.393 e. The summed E-state index contributed by atoms with van der Waals surface area (Å²) in [5.74, 6) is 2.98. The fourth-order valence-corrected chi connectivity index (χ4v) is 8.10. The Balaban J connectivity index is 1.41. The minimum Gasteiger partial charge on any atom is -0.393 e. The molecule has 4 saturated carbocycles. The molecule has 1 N–H and O–H groups in total. The van der Waals surface area contributed by atoms with Crippen LogP contribution in [0.1, 0.15) is 70.8 Å². The van der Waals surface area contributed by atoms with E-state index in [1.807, 2.05) is 0 Å². The Morgan fingerprint density at radius 2 is 1.74 bits per heavy atom. The van der Waals surface area contributed by atoms with E-state index in [1.165, 1.54) is 24.9 Å². The number of aliphatic hydroxyl groups excluding tert-OH is 1. The Morgan fingerprint density at radius 1 is 1.00 bits per heavy atom. The van der Waals surface area contributed by atoms with Gasteiger partial charge in [-0.3, -0.25) is 4.79 Å². The van der Waals surface area contributed by atoms with Gasteiger partial charge in [-0.05, 0) is 110 Å². The molecule has 0 radical (unpaired) electrons. The third-order valence-corrected chi connectivity index (χ3v) is 10.0. The van der Waals surface area contributed by atoms with Crippen molar-refractivity contribution in [1.82, 2.24) is 0 Å². The first-order valence-corrected chi connectivity index (χ1v) is 12.4. The SMILES string of the molecule is CN(C)c1ccc(/C=C2\CC3C4CCC5CC(O)CCC5(C)C4CCC3(C)C2=O)cc1. The third-order valence-electron chi connectivity index (χ3n) is 10.0. The maximum Gasteiger partial charge on any atom is 0.165 e. The number of rotatable bonds is 2. The van der Waals surface area contributed by atoms with E-state index < -0.39 is 0 Å². The monoisotopic (exact) mass is 421 g/mol. The molecule has 0 bridgehead atoms. The molecule has 0 spiro atoms. The van der Waals surface area contributed by atoms with Crippen molar-refractivity contribution < 1.29 is 9.90 Å². The average molecular weight is 422 g/mol. The Bertz CT molecular complexity index is 887. The lowest BCUT2D eigenvalue weighted by molar-refractivity contribution is -0.141. The van der Waals surface area contributed by atoms with Gasteiger partial charge in [0.2, 0.25) is 0 Å². The third kappa shape index (κ3) is 3.30. The van der Waals surface area contributed by atoms with Crippen LogP contribution in [0.3, 0.4) is 0 Å². The molecule has 0 heterocycles. The van der Waals surface area contributed by atoms with Gasteiger partial charge in [0.1, 0.15) is 0 Å². The summed E-state index contributed by atoms with van der Waals surface area (Å²) in [6.07, 6.45) is 10.9. The van der Waals surface area contributed by atoms with Crippen molar-refractivity contribution >= 4 is 17.5 Å². The van der Waals surface area contributed by atoms with Gasteiger partial charge >= 0.3 is 0 Å². The normalized spacial score (nSPS) is 43.3. The Morgan fingerprint density at radius 3 is 2.45 bits per heavy atom. The molecule has 0 aromatic heterocycles. The van der Waals surface area contributed by atoms with Crippen LogP contribution in [0, 0.1) is 34.5 Å². The smallest absolute Gasteiger partial charge is 0.165 e. The molecule has 7 atom stereocenters. The predicted octanol–water partition coefficient (Wildman–Crippen LogP) is 5.72. The van der Waals surface area contributed by atoms with Gasteiger partial charge in [0.05, 0.1) is 6.10 Å². The van der Waals surface area contributed by atoms with Crippen LogP contribution < -0.4 is 4.90 Å². The number of anilines is 1. The molecule has 0 saturated heterocycles. The Hall–Kier alpha value is -1.61. The second-order valence-corrected chi connectivity index (χ2v) is 11.7. The number of Topliss-reactive ketones (excluding diaryl/α,β-unsaturated/α-hetero) is 1. The zero-order valence-corrected chi connectivity index (χ0v) is 19.7. The number of nitrogens with zero attached hydrogens (tertiary/aromatic N) is 1. The maximum atomic E-state index is 13.6. The van der Waals surface area contributed by atoms with Crippen molar-refractivity contribution in [3.8, 4) is 0 Å². The highest BCUT2D eigenvalue weighted by atomic mass is 16.3. The summed E-state index contributed by atoms with van der Waals surface area (Å²) in [6, 6.07) is 8.55. The fraction of sp³-hybridized carbons (Fsp3) is 0.679. The molecule has 3 heteroatoms. The van der Waals surface area contributed by atoms with E-state index in [1.54, 1.807) is 0 Å². The van der Waals surface area contributed by atoms with Gasteiger partial charge in [0.25, 0.3) is 0 Å². The van der Waals surface area contributed by atoms with Gasteiger partial charge in [0, 0.05) is 25.2 Å². The van der Waals surface area contributed by atoms with Crippen LogP contribution in [0.15, 0.2) is 29.8 Å². The van der Waals surface area contributed by atoms with E-state index in [2.05, 4.69) is 63.2 Å². The highest BCUT2D eigenvalue weighted by molar-refractivity contribution is 6.06. The zero-order chi connectivity index (χ0) is 22.0. The Kier molecular flexibility index (Phi) is 5.12. The molecule has 3 nitrogen and oxygen atoms in total. The number of aliphatic hydroxyl groups is 1. The first kappa shape index (κ1) is 21.2. The molecule has 168 valence electrons. The van der Waals surface area contributed by atoms with Gasteiger partial charge in [-0.25, -0.2) is 0 Å². The van der Waals surface area contributed by atoms with Gasteiger partial charge < -0.3 is 10.0 Å². The van der Waals surface area contributed by atoms with E-state index in [0.717, 1.165) is 49.2 Å². The number of ketones is 1. The van der Waals surface area contributed by atoms with Crippen LogP contribution in [0.5, 0.6) is 0 Å². The number of benzene rings is 1. The lowest BCUT2D eigenvalue weighted by Crippen LogP contribution is -2.54.